The van der Waals surface area contributed by atoms with E-state index in [4.69, 9.17) is 4.52 Å². The van der Waals surface area contributed by atoms with Crippen LogP contribution >= 0.6 is 0 Å². The van der Waals surface area contributed by atoms with Crippen LogP contribution in [-0.2, 0) is 4.74 Å². The molecule has 0 aromatic carbocycles. The van der Waals surface area contributed by atoms with Gasteiger partial charge in [0.15, 0.2) is 0 Å². The first kappa shape index (κ1) is 16.0. The van der Waals surface area contributed by atoms with Crippen molar-refractivity contribution in [1.29, 1.82) is 0 Å². The molecule has 0 aliphatic carbocycles. The van der Waals surface area contributed by atoms with Crippen LogP contribution in [0.5, 0.6) is 0 Å². The van der Waals surface area contributed by atoms with E-state index in [1.165, 1.54) is 0 Å². The highest BCUT2D eigenvalue weighted by Gasteiger charge is 2.27. The van der Waals surface area contributed by atoms with Crippen molar-refractivity contribution in [3.05, 3.63) is 17.0 Å². The van der Waals surface area contributed by atoms with Crippen LogP contribution in [0, 0.1) is 13.8 Å². The molecule has 7 heteroatoms. The van der Waals surface area contributed by atoms with Crippen LogP contribution in [0.1, 0.15) is 36.4 Å². The van der Waals surface area contributed by atoms with Crippen molar-refractivity contribution in [3.63, 3.8) is 0 Å². The highest BCUT2D eigenvalue weighted by atomic mass is 19.4. The first-order valence-electron chi connectivity index (χ1n) is 6.12. The van der Waals surface area contributed by atoms with E-state index in [0.717, 1.165) is 17.0 Å². The van der Waals surface area contributed by atoms with E-state index >= 15 is 0 Å². The minimum absolute atomic E-state index is 0.0499. The van der Waals surface area contributed by atoms with Crippen LogP contribution in [0.15, 0.2) is 4.52 Å². The standard InChI is InChI=1S/C12H19F3N2O2/c1-8(11-9(2)17-19-10(11)3)16-5-4-6-18-7-12(13,14)15/h8,16H,4-7H2,1-3H3. The van der Waals surface area contributed by atoms with Gasteiger partial charge < -0.3 is 14.6 Å². The van der Waals surface area contributed by atoms with Crippen molar-refractivity contribution < 1.29 is 22.4 Å². The number of aryl methyl sites for hydroxylation is 2. The molecule has 0 amide bonds. The lowest BCUT2D eigenvalue weighted by Crippen LogP contribution is -2.23. The number of aromatic nitrogens is 1. The summed E-state index contributed by atoms with van der Waals surface area (Å²) in [5, 5.41) is 7.06. The molecule has 0 fully saturated rings. The largest absolute Gasteiger partial charge is 0.411 e. The number of alkyl halides is 3. The molecule has 1 N–H and O–H groups in total. The van der Waals surface area contributed by atoms with Crippen molar-refractivity contribution >= 4 is 0 Å². The molecule has 1 atom stereocenters. The van der Waals surface area contributed by atoms with Crippen molar-refractivity contribution in [1.82, 2.24) is 10.5 Å². The summed E-state index contributed by atoms with van der Waals surface area (Å²) in [6, 6.07) is 0.0499. The summed E-state index contributed by atoms with van der Waals surface area (Å²) in [4.78, 5) is 0. The SMILES string of the molecule is Cc1noc(C)c1C(C)NCCCOCC(F)(F)F. The number of hydrogen-bond donors (Lipinski definition) is 1. The Bertz CT molecular complexity index is 371. The van der Waals surface area contributed by atoms with Crippen molar-refractivity contribution in [2.75, 3.05) is 19.8 Å². The van der Waals surface area contributed by atoms with Crippen molar-refractivity contribution in [3.8, 4) is 0 Å². The molecule has 1 aromatic rings. The number of nitrogens with one attached hydrogen (secondary N) is 1. The third-order valence-electron chi connectivity index (χ3n) is 2.70. The Morgan fingerprint density at radius 3 is 2.58 bits per heavy atom. The molecule has 1 heterocycles. The van der Waals surface area contributed by atoms with Crippen LogP contribution in [0.3, 0.4) is 0 Å². The molecular weight excluding hydrogens is 261 g/mol. The minimum atomic E-state index is -4.25. The molecule has 110 valence electrons. The smallest absolute Gasteiger partial charge is 0.372 e. The molecule has 0 bridgehead atoms. The van der Waals surface area contributed by atoms with E-state index in [-0.39, 0.29) is 12.6 Å². The van der Waals surface area contributed by atoms with Gasteiger partial charge in [-0.3, -0.25) is 0 Å². The Balaban J connectivity index is 2.20. The summed E-state index contributed by atoms with van der Waals surface area (Å²) in [6.07, 6.45) is -3.73. The first-order valence-corrected chi connectivity index (χ1v) is 6.12. The summed E-state index contributed by atoms with van der Waals surface area (Å²) in [6.45, 7) is 5.12. The molecule has 0 saturated carbocycles. The van der Waals surface area contributed by atoms with E-state index in [1.54, 1.807) is 0 Å². The number of ether oxygens (including phenoxy) is 1. The zero-order valence-electron chi connectivity index (χ0n) is 11.3. The van der Waals surface area contributed by atoms with Gasteiger partial charge in [-0.1, -0.05) is 5.16 Å². The molecule has 1 unspecified atom stereocenters. The lowest BCUT2D eigenvalue weighted by atomic mass is 10.1. The van der Waals surface area contributed by atoms with Gasteiger partial charge in [-0.2, -0.15) is 13.2 Å². The Labute approximate surface area is 110 Å². The average Bonchev–Trinajstić information content (AvgIpc) is 2.62. The number of halogens is 3. The highest BCUT2D eigenvalue weighted by Crippen LogP contribution is 2.20. The van der Waals surface area contributed by atoms with Gasteiger partial charge in [0.1, 0.15) is 12.4 Å². The van der Waals surface area contributed by atoms with E-state index in [0.29, 0.717) is 13.0 Å². The predicted molar refractivity (Wildman–Crippen MR) is 63.9 cm³/mol. The van der Waals surface area contributed by atoms with Gasteiger partial charge in [-0.05, 0) is 33.7 Å². The maximum atomic E-state index is 11.8. The summed E-state index contributed by atoms with van der Waals surface area (Å²) in [5.41, 5.74) is 1.82. The lowest BCUT2D eigenvalue weighted by molar-refractivity contribution is -0.173. The summed E-state index contributed by atoms with van der Waals surface area (Å²) >= 11 is 0. The van der Waals surface area contributed by atoms with Gasteiger partial charge in [0.2, 0.25) is 0 Å². The Hall–Kier alpha value is -1.08. The predicted octanol–water partition coefficient (Wildman–Crippen LogP) is 2.91. The molecular formula is C12H19F3N2O2. The molecule has 0 spiro atoms. The maximum Gasteiger partial charge on any atom is 0.411 e. The Morgan fingerprint density at radius 1 is 1.37 bits per heavy atom. The fourth-order valence-electron chi connectivity index (χ4n) is 1.89. The normalized spacial score (nSPS) is 13.8. The van der Waals surface area contributed by atoms with Crippen LogP contribution in [0.2, 0.25) is 0 Å². The second kappa shape index (κ2) is 6.91. The van der Waals surface area contributed by atoms with Crippen LogP contribution < -0.4 is 5.32 Å². The van der Waals surface area contributed by atoms with Gasteiger partial charge in [-0.25, -0.2) is 0 Å². The molecule has 0 radical (unpaired) electrons. The van der Waals surface area contributed by atoms with E-state index in [9.17, 15) is 13.2 Å². The fourth-order valence-corrected chi connectivity index (χ4v) is 1.89. The van der Waals surface area contributed by atoms with Gasteiger partial charge >= 0.3 is 6.18 Å². The quantitative estimate of drug-likeness (QED) is 0.780. The Kier molecular flexibility index (Phi) is 5.81. The molecule has 1 rings (SSSR count). The minimum Gasteiger partial charge on any atom is -0.372 e. The van der Waals surface area contributed by atoms with Gasteiger partial charge in [0.05, 0.1) is 5.69 Å². The van der Waals surface area contributed by atoms with Gasteiger partial charge in [0.25, 0.3) is 0 Å². The average molecular weight is 280 g/mol. The van der Waals surface area contributed by atoms with Gasteiger partial charge in [0, 0.05) is 18.2 Å². The molecule has 0 aliphatic heterocycles. The number of hydrogen-bond acceptors (Lipinski definition) is 4. The highest BCUT2D eigenvalue weighted by molar-refractivity contribution is 5.24. The zero-order valence-corrected chi connectivity index (χ0v) is 11.3. The van der Waals surface area contributed by atoms with Crippen molar-refractivity contribution in [2.24, 2.45) is 0 Å². The third-order valence-corrected chi connectivity index (χ3v) is 2.70. The van der Waals surface area contributed by atoms with E-state index in [1.807, 2.05) is 20.8 Å². The Morgan fingerprint density at radius 2 is 2.05 bits per heavy atom. The zero-order chi connectivity index (χ0) is 14.5. The monoisotopic (exact) mass is 280 g/mol. The summed E-state index contributed by atoms with van der Waals surface area (Å²) in [7, 11) is 0. The van der Waals surface area contributed by atoms with E-state index in [2.05, 4.69) is 15.2 Å². The summed E-state index contributed by atoms with van der Waals surface area (Å²) < 4.78 is 45.0. The van der Waals surface area contributed by atoms with Crippen LogP contribution in [-0.4, -0.2) is 31.1 Å². The third kappa shape index (κ3) is 5.61. The molecule has 4 nitrogen and oxygen atoms in total. The van der Waals surface area contributed by atoms with Gasteiger partial charge in [-0.15, -0.1) is 0 Å². The second-order valence-electron chi connectivity index (χ2n) is 4.43. The maximum absolute atomic E-state index is 11.8. The molecule has 0 aliphatic rings. The first-order chi connectivity index (χ1) is 8.81. The second-order valence-corrected chi connectivity index (χ2v) is 4.43. The molecule has 1 aromatic heterocycles. The molecule has 19 heavy (non-hydrogen) atoms. The molecule has 0 saturated heterocycles. The van der Waals surface area contributed by atoms with Crippen LogP contribution in [0.4, 0.5) is 13.2 Å². The van der Waals surface area contributed by atoms with E-state index < -0.39 is 12.8 Å². The number of rotatable bonds is 7. The van der Waals surface area contributed by atoms with Crippen molar-refractivity contribution in [2.45, 2.75) is 39.4 Å². The fraction of sp³-hybridized carbons (Fsp3) is 0.750. The number of nitrogens with zero attached hydrogens (tertiary/aromatic N) is 1. The summed E-state index contributed by atoms with van der Waals surface area (Å²) in [5.74, 6) is 0.755. The lowest BCUT2D eigenvalue weighted by Gasteiger charge is -2.13. The van der Waals surface area contributed by atoms with Crippen LogP contribution in [0.25, 0.3) is 0 Å². The topological polar surface area (TPSA) is 47.3 Å².